The first-order valence-corrected chi connectivity index (χ1v) is 17.1. The Morgan fingerprint density at radius 3 is 1.39 bits per heavy atom. The largest absolute Gasteiger partial charge is 0.497 e. The molecule has 0 aliphatic rings. The van der Waals surface area contributed by atoms with Gasteiger partial charge >= 0.3 is 0 Å². The van der Waals surface area contributed by atoms with E-state index < -0.39 is 31.1 Å². The molecule has 252 valence electrons. The molecule has 0 saturated heterocycles. The van der Waals surface area contributed by atoms with E-state index in [9.17, 15) is 21.9 Å². The molecule has 2 aromatic carbocycles. The molecule has 4 rings (SSSR count). The third kappa shape index (κ3) is 9.14. The molecule has 0 fully saturated rings. The summed E-state index contributed by atoms with van der Waals surface area (Å²) >= 11 is 0. The standard InChI is InChI=1S/C23H29N3O5S.C7H13N3O3S/c1-23(2,17-27)26-14-13-22(24-26)32(28,29)25(15-18-5-9-20(30-3)10-6-18)16-19-7-11-21(31-4)12-8-19;1-7(2,5-11)10-4-3-6(9-10)14(8,12)13/h5-14,27H,15-17H2,1-4H3;3-4,11H,5H2,1-2H3,(H2,8,12,13). The number of primary sulfonamides is 1. The maximum Gasteiger partial charge on any atom is 0.262 e. The molecule has 2 aromatic heterocycles. The molecule has 14 nitrogen and oxygen atoms in total. The lowest BCUT2D eigenvalue weighted by Crippen LogP contribution is -2.33. The molecule has 0 spiro atoms. The number of hydrogen-bond donors (Lipinski definition) is 3. The van der Waals surface area contributed by atoms with Gasteiger partial charge in [-0.15, -0.1) is 0 Å². The lowest BCUT2D eigenvalue weighted by molar-refractivity contribution is 0.150. The van der Waals surface area contributed by atoms with E-state index in [0.29, 0.717) is 11.5 Å². The van der Waals surface area contributed by atoms with Gasteiger partial charge in [0.2, 0.25) is 0 Å². The highest BCUT2D eigenvalue weighted by atomic mass is 32.2. The maximum atomic E-state index is 13.6. The first kappa shape index (κ1) is 36.7. The predicted octanol–water partition coefficient (Wildman–Crippen LogP) is 2.28. The number of aliphatic hydroxyl groups excluding tert-OH is 2. The van der Waals surface area contributed by atoms with Crippen LogP contribution in [0.3, 0.4) is 0 Å². The first-order valence-electron chi connectivity index (χ1n) is 14.1. The van der Waals surface area contributed by atoms with E-state index in [2.05, 4.69) is 10.2 Å². The molecule has 0 bridgehead atoms. The molecule has 46 heavy (non-hydrogen) atoms. The van der Waals surface area contributed by atoms with Crippen molar-refractivity contribution in [2.75, 3.05) is 27.4 Å². The van der Waals surface area contributed by atoms with Crippen LogP contribution in [0.5, 0.6) is 11.5 Å². The smallest absolute Gasteiger partial charge is 0.262 e. The number of aromatic nitrogens is 4. The minimum absolute atomic E-state index is 0.0685. The second-order valence-electron chi connectivity index (χ2n) is 11.7. The summed E-state index contributed by atoms with van der Waals surface area (Å²) in [6, 6.07) is 17.3. The lowest BCUT2D eigenvalue weighted by Gasteiger charge is -2.23. The number of ether oxygens (including phenoxy) is 2. The number of methoxy groups -OCH3 is 2. The highest BCUT2D eigenvalue weighted by Crippen LogP contribution is 2.24. The highest BCUT2D eigenvalue weighted by Gasteiger charge is 2.30. The minimum Gasteiger partial charge on any atom is -0.497 e. The summed E-state index contributed by atoms with van der Waals surface area (Å²) in [6.45, 7) is 7.03. The summed E-state index contributed by atoms with van der Waals surface area (Å²) in [7, 11) is -4.52. The van der Waals surface area contributed by atoms with Crippen molar-refractivity contribution >= 4 is 20.0 Å². The minimum atomic E-state index is -3.92. The van der Waals surface area contributed by atoms with Crippen LogP contribution in [0.2, 0.25) is 0 Å². The Morgan fingerprint density at radius 1 is 0.696 bits per heavy atom. The Morgan fingerprint density at radius 2 is 1.07 bits per heavy atom. The van der Waals surface area contributed by atoms with Gasteiger partial charge in [-0.05, 0) is 75.2 Å². The van der Waals surface area contributed by atoms with Crippen molar-refractivity contribution in [3.8, 4) is 11.5 Å². The molecular formula is C30H42N6O8S2. The van der Waals surface area contributed by atoms with Crippen molar-refractivity contribution in [3.05, 3.63) is 84.2 Å². The molecule has 0 aliphatic carbocycles. The molecule has 16 heteroatoms. The van der Waals surface area contributed by atoms with Gasteiger partial charge in [0.1, 0.15) is 11.5 Å². The van der Waals surface area contributed by atoms with Gasteiger partial charge in [0.25, 0.3) is 20.0 Å². The molecule has 4 aromatic rings. The van der Waals surface area contributed by atoms with Crippen LogP contribution in [0.25, 0.3) is 0 Å². The Labute approximate surface area is 270 Å². The normalized spacial score (nSPS) is 12.5. The van der Waals surface area contributed by atoms with Gasteiger partial charge in [-0.25, -0.2) is 22.0 Å². The average molecular weight is 679 g/mol. The second-order valence-corrected chi connectivity index (χ2v) is 15.0. The van der Waals surface area contributed by atoms with Gasteiger partial charge in [-0.3, -0.25) is 9.36 Å². The SMILES string of the molecule is CC(C)(CO)n1ccc(S(N)(=O)=O)n1.COc1ccc(CN(Cc2ccc(OC)cc2)S(=O)(=O)c2ccn(C(C)(C)CO)n2)cc1. The van der Waals surface area contributed by atoms with E-state index >= 15 is 0 Å². The summed E-state index contributed by atoms with van der Waals surface area (Å²) in [5, 5.41) is 31.3. The average Bonchev–Trinajstić information content (AvgIpc) is 3.74. The monoisotopic (exact) mass is 678 g/mol. The van der Waals surface area contributed by atoms with Crippen LogP contribution in [-0.4, -0.2) is 78.3 Å². The van der Waals surface area contributed by atoms with E-state index in [-0.39, 0.29) is 36.4 Å². The molecule has 0 atom stereocenters. The topological polar surface area (TPSA) is 192 Å². The Balaban J connectivity index is 0.000000344. The molecular weight excluding hydrogens is 636 g/mol. The number of rotatable bonds is 13. The fourth-order valence-electron chi connectivity index (χ4n) is 3.95. The molecule has 0 amide bonds. The first-order chi connectivity index (χ1) is 21.5. The van der Waals surface area contributed by atoms with Crippen LogP contribution in [0.15, 0.2) is 83.1 Å². The van der Waals surface area contributed by atoms with Crippen LogP contribution in [0.1, 0.15) is 38.8 Å². The number of hydrogen-bond acceptors (Lipinski definition) is 10. The molecule has 4 N–H and O–H groups in total. The quantitative estimate of drug-likeness (QED) is 0.189. The summed E-state index contributed by atoms with van der Waals surface area (Å²) in [5.74, 6) is 1.39. The third-order valence-corrected chi connectivity index (χ3v) is 9.56. The summed E-state index contributed by atoms with van der Waals surface area (Å²) in [5.41, 5.74) is 0.282. The molecule has 0 saturated carbocycles. The number of nitrogens with zero attached hydrogens (tertiary/aromatic N) is 5. The highest BCUT2D eigenvalue weighted by molar-refractivity contribution is 7.89. The second kappa shape index (κ2) is 14.7. The van der Waals surface area contributed by atoms with Gasteiger partial charge in [0, 0.05) is 25.5 Å². The van der Waals surface area contributed by atoms with Gasteiger partial charge < -0.3 is 19.7 Å². The van der Waals surface area contributed by atoms with Crippen molar-refractivity contribution in [1.29, 1.82) is 0 Å². The summed E-state index contributed by atoms with van der Waals surface area (Å²) < 4.78 is 63.5. The number of nitrogens with two attached hydrogens (primary N) is 1. The van der Waals surface area contributed by atoms with Crippen molar-refractivity contribution in [2.24, 2.45) is 5.14 Å². The number of aliphatic hydroxyl groups is 2. The van der Waals surface area contributed by atoms with E-state index in [1.165, 1.54) is 32.0 Å². The van der Waals surface area contributed by atoms with Crippen LogP contribution < -0.4 is 14.6 Å². The van der Waals surface area contributed by atoms with E-state index in [0.717, 1.165) is 11.1 Å². The Bertz CT molecular complexity index is 1730. The van der Waals surface area contributed by atoms with E-state index in [1.54, 1.807) is 72.4 Å². The van der Waals surface area contributed by atoms with Gasteiger partial charge in [-0.2, -0.15) is 14.5 Å². The molecule has 0 unspecified atom stereocenters. The van der Waals surface area contributed by atoms with Gasteiger partial charge in [0.05, 0.1) is 38.5 Å². The van der Waals surface area contributed by atoms with Gasteiger partial charge in [0.15, 0.2) is 10.1 Å². The number of sulfonamides is 2. The zero-order valence-corrected chi connectivity index (χ0v) is 28.4. The predicted molar refractivity (Wildman–Crippen MR) is 171 cm³/mol. The third-order valence-electron chi connectivity index (χ3n) is 7.08. The zero-order chi connectivity index (χ0) is 34.3. The zero-order valence-electron chi connectivity index (χ0n) is 26.7. The van der Waals surface area contributed by atoms with Crippen LogP contribution in [0, 0.1) is 0 Å². The summed E-state index contributed by atoms with van der Waals surface area (Å²) in [6.07, 6.45) is 3.04. The summed E-state index contributed by atoms with van der Waals surface area (Å²) in [4.78, 5) is 0. The van der Waals surface area contributed by atoms with Crippen LogP contribution in [-0.2, 0) is 44.2 Å². The van der Waals surface area contributed by atoms with Gasteiger partial charge in [-0.1, -0.05) is 24.3 Å². The molecule has 0 aliphatic heterocycles. The Kier molecular flexibility index (Phi) is 11.8. The number of benzene rings is 2. The van der Waals surface area contributed by atoms with E-state index in [1.807, 2.05) is 24.3 Å². The Hall–Kier alpha value is -3.80. The fourth-order valence-corrected chi connectivity index (χ4v) is 5.73. The van der Waals surface area contributed by atoms with Crippen LogP contribution >= 0.6 is 0 Å². The molecule has 2 heterocycles. The van der Waals surface area contributed by atoms with Crippen molar-refractivity contribution in [1.82, 2.24) is 23.9 Å². The van der Waals surface area contributed by atoms with Crippen LogP contribution in [0.4, 0.5) is 0 Å². The van der Waals surface area contributed by atoms with E-state index in [4.69, 9.17) is 19.7 Å². The van der Waals surface area contributed by atoms with Crippen molar-refractivity contribution < 1.29 is 36.5 Å². The molecule has 0 radical (unpaired) electrons. The lowest BCUT2D eigenvalue weighted by atomic mass is 10.1. The van der Waals surface area contributed by atoms with Crippen molar-refractivity contribution in [3.63, 3.8) is 0 Å². The van der Waals surface area contributed by atoms with Crippen molar-refractivity contribution in [2.45, 2.75) is 61.9 Å². The fraction of sp³-hybridized carbons (Fsp3) is 0.400. The maximum absolute atomic E-state index is 13.6.